The number of thioether (sulfide) groups is 1. The third kappa shape index (κ3) is 5.63. The monoisotopic (exact) mass is 451 g/mol. The van der Waals surface area contributed by atoms with E-state index in [9.17, 15) is 14.4 Å². The summed E-state index contributed by atoms with van der Waals surface area (Å²) < 4.78 is 12.8. The van der Waals surface area contributed by atoms with Crippen molar-refractivity contribution in [2.24, 2.45) is 4.99 Å². The zero-order valence-corrected chi connectivity index (χ0v) is 18.7. The van der Waals surface area contributed by atoms with Crippen LogP contribution in [-0.4, -0.2) is 65.6 Å². The highest BCUT2D eigenvalue weighted by Crippen LogP contribution is 2.23. The van der Waals surface area contributed by atoms with Crippen LogP contribution in [0, 0.1) is 0 Å². The van der Waals surface area contributed by atoms with Crippen molar-refractivity contribution in [2.45, 2.75) is 26.3 Å². The van der Waals surface area contributed by atoms with Gasteiger partial charge in [-0.25, -0.2) is 0 Å². The summed E-state index contributed by atoms with van der Waals surface area (Å²) in [5.74, 6) is 0.389. The van der Waals surface area contributed by atoms with Gasteiger partial charge in [0, 0.05) is 13.1 Å². The summed E-state index contributed by atoms with van der Waals surface area (Å²) in [6.45, 7) is 3.59. The van der Waals surface area contributed by atoms with Crippen molar-refractivity contribution in [3.8, 4) is 5.75 Å². The van der Waals surface area contributed by atoms with Gasteiger partial charge in [-0.1, -0.05) is 11.3 Å². The van der Waals surface area contributed by atoms with Crippen molar-refractivity contribution in [2.75, 3.05) is 38.3 Å². The Bertz CT molecular complexity index is 992. The minimum Gasteiger partial charge on any atom is -0.497 e. The zero-order chi connectivity index (χ0) is 21.5. The molecule has 0 N–H and O–H groups in total. The van der Waals surface area contributed by atoms with Crippen molar-refractivity contribution < 1.29 is 23.9 Å². The molecule has 1 aliphatic rings. The zero-order valence-electron chi connectivity index (χ0n) is 17.1. The van der Waals surface area contributed by atoms with E-state index in [1.807, 2.05) is 17.0 Å². The number of hydrogen-bond acceptors (Lipinski definition) is 7. The Morgan fingerprint density at radius 3 is 2.67 bits per heavy atom. The number of nitrogens with zero attached hydrogens (tertiary/aromatic N) is 3. The van der Waals surface area contributed by atoms with Crippen LogP contribution in [0.2, 0.25) is 0 Å². The van der Waals surface area contributed by atoms with Crippen molar-refractivity contribution >= 4 is 51.1 Å². The highest BCUT2D eigenvalue weighted by molar-refractivity contribution is 8.00. The van der Waals surface area contributed by atoms with E-state index in [2.05, 4.69) is 4.99 Å². The van der Waals surface area contributed by atoms with Crippen molar-refractivity contribution in [1.82, 2.24) is 9.47 Å². The van der Waals surface area contributed by atoms with Crippen molar-refractivity contribution in [3.05, 3.63) is 23.0 Å². The topological polar surface area (TPSA) is 90.2 Å². The quantitative estimate of drug-likeness (QED) is 0.571. The van der Waals surface area contributed by atoms with Gasteiger partial charge in [-0.15, -0.1) is 11.8 Å². The molecule has 0 aliphatic carbocycles. The average Bonchev–Trinajstić information content (AvgIpc) is 3.36. The Balaban J connectivity index is 1.76. The maximum Gasteiger partial charge on any atom is 0.326 e. The minimum atomic E-state index is -0.396. The average molecular weight is 452 g/mol. The van der Waals surface area contributed by atoms with Crippen LogP contribution in [0.3, 0.4) is 0 Å². The summed E-state index contributed by atoms with van der Waals surface area (Å²) in [4.78, 5) is 43.0. The number of benzene rings is 1. The molecule has 0 bridgehead atoms. The van der Waals surface area contributed by atoms with Crippen LogP contribution in [-0.2, 0) is 25.7 Å². The Kier molecular flexibility index (Phi) is 7.92. The third-order valence-electron chi connectivity index (χ3n) is 4.61. The summed E-state index contributed by atoms with van der Waals surface area (Å²) in [5, 5.41) is 0. The van der Waals surface area contributed by atoms with E-state index in [4.69, 9.17) is 9.47 Å². The molecule has 0 saturated carbocycles. The molecule has 1 saturated heterocycles. The Hall–Kier alpha value is -2.33. The third-order valence-corrected chi connectivity index (χ3v) is 6.56. The van der Waals surface area contributed by atoms with Gasteiger partial charge in [-0.05, 0) is 38.0 Å². The fraction of sp³-hybridized carbons (Fsp3) is 0.500. The van der Waals surface area contributed by atoms with E-state index in [0.717, 1.165) is 36.1 Å². The molecule has 10 heteroatoms. The second-order valence-corrected chi connectivity index (χ2v) is 8.69. The number of carbonyl (C=O) groups is 3. The molecule has 8 nitrogen and oxygen atoms in total. The van der Waals surface area contributed by atoms with Crippen LogP contribution < -0.4 is 9.54 Å². The minimum absolute atomic E-state index is 0.0349. The predicted molar refractivity (Wildman–Crippen MR) is 117 cm³/mol. The van der Waals surface area contributed by atoms with Crippen LogP contribution in [0.4, 0.5) is 0 Å². The lowest BCUT2D eigenvalue weighted by molar-refractivity contribution is -0.143. The summed E-state index contributed by atoms with van der Waals surface area (Å²) >= 11 is 2.57. The van der Waals surface area contributed by atoms with Crippen LogP contribution >= 0.6 is 23.1 Å². The Morgan fingerprint density at radius 1 is 1.20 bits per heavy atom. The maximum absolute atomic E-state index is 12.4. The van der Waals surface area contributed by atoms with Crippen LogP contribution in [0.5, 0.6) is 5.75 Å². The van der Waals surface area contributed by atoms with E-state index >= 15 is 0 Å². The molecular weight excluding hydrogens is 426 g/mol. The summed E-state index contributed by atoms with van der Waals surface area (Å²) in [6, 6.07) is 5.47. The number of ether oxygens (including phenoxy) is 2. The lowest BCUT2D eigenvalue weighted by Gasteiger charge is -2.14. The van der Waals surface area contributed by atoms with Crippen molar-refractivity contribution in [1.29, 1.82) is 0 Å². The van der Waals surface area contributed by atoms with Gasteiger partial charge in [0.2, 0.25) is 5.91 Å². The summed E-state index contributed by atoms with van der Waals surface area (Å²) in [5.41, 5.74) is 0.775. The Labute approximate surface area is 182 Å². The number of thiazole rings is 1. The van der Waals surface area contributed by atoms with Crippen LogP contribution in [0.15, 0.2) is 23.2 Å². The lowest BCUT2D eigenvalue weighted by Crippen LogP contribution is -2.29. The molecule has 0 unspecified atom stereocenters. The molecule has 1 aromatic carbocycles. The van der Waals surface area contributed by atoms with E-state index in [0.29, 0.717) is 10.6 Å². The number of carbonyl (C=O) groups excluding carboxylic acids is 3. The summed E-state index contributed by atoms with van der Waals surface area (Å²) in [6.07, 6.45) is 2.09. The fourth-order valence-electron chi connectivity index (χ4n) is 3.18. The first-order valence-electron chi connectivity index (χ1n) is 9.78. The number of methoxy groups -OCH3 is 1. The molecular formula is C20H25N3O5S2. The number of rotatable bonds is 8. The van der Waals surface area contributed by atoms with E-state index < -0.39 is 5.97 Å². The number of fused-ring (bicyclic) bond motifs is 1. The predicted octanol–water partition coefficient (Wildman–Crippen LogP) is 2.06. The highest BCUT2D eigenvalue weighted by Gasteiger charge is 2.18. The van der Waals surface area contributed by atoms with E-state index in [-0.39, 0.29) is 36.5 Å². The number of likely N-dealkylation sites (tertiary alicyclic amines) is 1. The number of aromatic nitrogens is 1. The van der Waals surface area contributed by atoms with Gasteiger partial charge >= 0.3 is 5.97 Å². The molecule has 162 valence electrons. The van der Waals surface area contributed by atoms with E-state index in [1.165, 1.54) is 23.1 Å². The normalized spacial score (nSPS) is 14.3. The SMILES string of the molecule is CCOC(=O)Cn1c(=NC(=O)CSCC(=O)N2CCCC2)sc2cc(OC)ccc21. The van der Waals surface area contributed by atoms with E-state index in [1.54, 1.807) is 24.7 Å². The van der Waals surface area contributed by atoms with Crippen LogP contribution in [0.25, 0.3) is 10.2 Å². The largest absolute Gasteiger partial charge is 0.497 e. The molecule has 0 atom stereocenters. The molecule has 30 heavy (non-hydrogen) atoms. The Morgan fingerprint density at radius 2 is 1.97 bits per heavy atom. The van der Waals surface area contributed by atoms with Gasteiger partial charge in [0.25, 0.3) is 5.91 Å². The molecule has 2 aromatic rings. The number of amides is 2. The first-order chi connectivity index (χ1) is 14.5. The van der Waals surface area contributed by atoms with Gasteiger partial charge in [0.05, 0.1) is 35.4 Å². The van der Waals surface area contributed by atoms with Gasteiger partial charge in [0.1, 0.15) is 12.3 Å². The molecule has 0 spiro atoms. The molecule has 2 amide bonds. The lowest BCUT2D eigenvalue weighted by atomic mass is 10.3. The second kappa shape index (κ2) is 10.6. The maximum atomic E-state index is 12.4. The molecule has 1 aliphatic heterocycles. The van der Waals surface area contributed by atoms with Gasteiger partial charge < -0.3 is 18.9 Å². The molecule has 1 aromatic heterocycles. The molecule has 0 radical (unpaired) electrons. The first kappa shape index (κ1) is 22.4. The van der Waals surface area contributed by atoms with Gasteiger partial charge in [-0.2, -0.15) is 4.99 Å². The first-order valence-corrected chi connectivity index (χ1v) is 11.7. The highest BCUT2D eigenvalue weighted by atomic mass is 32.2. The molecule has 3 rings (SSSR count). The smallest absolute Gasteiger partial charge is 0.326 e. The fourth-order valence-corrected chi connectivity index (χ4v) is 4.95. The van der Waals surface area contributed by atoms with Gasteiger partial charge in [0.15, 0.2) is 4.80 Å². The summed E-state index contributed by atoms with van der Waals surface area (Å²) in [7, 11) is 1.58. The molecule has 2 heterocycles. The number of esters is 1. The van der Waals surface area contributed by atoms with Crippen LogP contribution in [0.1, 0.15) is 19.8 Å². The second-order valence-electron chi connectivity index (χ2n) is 6.70. The number of hydrogen-bond donors (Lipinski definition) is 0. The molecule has 1 fully saturated rings. The van der Waals surface area contributed by atoms with Crippen molar-refractivity contribution in [3.63, 3.8) is 0 Å². The standard InChI is InChI=1S/C20H25N3O5S2/c1-3-28-19(26)11-23-15-7-6-14(27-2)10-16(15)30-20(23)21-17(24)12-29-13-18(25)22-8-4-5-9-22/h6-7,10H,3-5,8-9,11-13H2,1-2H3. The van der Waals surface area contributed by atoms with Gasteiger partial charge in [-0.3, -0.25) is 14.4 Å².